The Morgan fingerprint density at radius 1 is 0.477 bits per heavy atom. The summed E-state index contributed by atoms with van der Waals surface area (Å²) in [6, 6.07) is 56.3. The van der Waals surface area contributed by atoms with Crippen molar-refractivity contribution in [2.75, 3.05) is 5.43 Å². The van der Waals surface area contributed by atoms with Crippen LogP contribution in [0.25, 0.3) is 33.6 Å². The van der Waals surface area contributed by atoms with Crippen LogP contribution >= 0.6 is 0 Å². The number of hydrogen-bond donors (Lipinski definition) is 1. The first-order chi connectivity index (χ1) is 21.3. The quantitative estimate of drug-likeness (QED) is 0.0677. The van der Waals surface area contributed by atoms with Crippen LogP contribution in [-0.2, 0) is 0 Å². The molecule has 0 radical (unpaired) electrons. The van der Waals surface area contributed by atoms with Crippen LogP contribution in [0.4, 0.5) is 23.0 Å². The molecule has 0 saturated heterocycles. The number of pyridine rings is 1. The summed E-state index contributed by atoms with van der Waals surface area (Å²) in [6.45, 7) is 0. The highest BCUT2D eigenvalue weighted by molar-refractivity contribution is 6.50. The van der Waals surface area contributed by atoms with Gasteiger partial charge in [0.25, 0.3) is 0 Å². The Hall–Kier alpha value is -5.50. The van der Waals surface area contributed by atoms with Crippen molar-refractivity contribution in [3.8, 4) is 33.6 Å². The van der Waals surface area contributed by atoms with E-state index in [4.69, 9.17) is 4.99 Å². The second kappa shape index (κ2) is 14.1. The Bertz CT molecular complexity index is 1730. The normalized spacial score (nSPS) is 11.3. The minimum absolute atomic E-state index is 0.758. The molecule has 0 saturated carbocycles. The molecule has 0 aliphatic rings. The first-order valence-electron chi connectivity index (χ1n) is 13.9. The largest absolute Gasteiger partial charge is 0.673 e. The molecule has 44 heavy (non-hydrogen) atoms. The molecule has 0 aliphatic carbocycles. The van der Waals surface area contributed by atoms with E-state index in [-0.39, 0.29) is 0 Å². The second-order valence-electron chi connectivity index (χ2n) is 9.72. The van der Waals surface area contributed by atoms with Gasteiger partial charge in [0.2, 0.25) is 11.4 Å². The Balaban J connectivity index is 0.000000712. The predicted octanol–water partition coefficient (Wildman–Crippen LogP) is 9.60. The van der Waals surface area contributed by atoms with Gasteiger partial charge in [-0.2, -0.15) is 0 Å². The van der Waals surface area contributed by atoms with Crippen molar-refractivity contribution in [2.24, 2.45) is 4.99 Å². The molecule has 1 aromatic heterocycles. The number of aliphatic imine (C=N–C) groups is 1. The van der Waals surface area contributed by atoms with E-state index in [0.29, 0.717) is 0 Å². The molecule has 6 aromatic rings. The molecule has 218 valence electrons. The lowest BCUT2D eigenvalue weighted by Gasteiger charge is -2.14. The van der Waals surface area contributed by atoms with Crippen LogP contribution in [0.15, 0.2) is 169 Å². The van der Waals surface area contributed by atoms with Crippen LogP contribution in [0.2, 0.25) is 0 Å². The number of hydrogen-bond acceptors (Lipinski definition) is 1. The van der Waals surface area contributed by atoms with Crippen molar-refractivity contribution in [1.29, 1.82) is 0 Å². The molecule has 0 fully saturated rings. The molecule has 1 heterocycles. The summed E-state index contributed by atoms with van der Waals surface area (Å²) < 4.78 is 41.2. The minimum atomic E-state index is -6.00. The zero-order chi connectivity index (χ0) is 30.8. The maximum atomic E-state index is 9.75. The lowest BCUT2D eigenvalue weighted by Crippen LogP contribution is -2.52. The van der Waals surface area contributed by atoms with Gasteiger partial charge in [-0.3, -0.25) is 0 Å². The van der Waals surface area contributed by atoms with E-state index in [1.54, 1.807) is 0 Å². The van der Waals surface area contributed by atoms with Gasteiger partial charge >= 0.3 is 7.25 Å². The van der Waals surface area contributed by atoms with Crippen molar-refractivity contribution >= 4 is 18.8 Å². The molecule has 5 aromatic carbocycles. The second-order valence-corrected chi connectivity index (χ2v) is 9.72. The van der Waals surface area contributed by atoms with E-state index in [0.717, 1.165) is 45.2 Å². The van der Waals surface area contributed by atoms with E-state index < -0.39 is 7.25 Å². The van der Waals surface area contributed by atoms with Crippen LogP contribution < -0.4 is 10.1 Å². The number of nitrogens with one attached hydrogen (secondary N) is 1. The van der Waals surface area contributed by atoms with Crippen molar-refractivity contribution in [3.05, 3.63) is 169 Å². The average Bonchev–Trinajstić information content (AvgIpc) is 3.06. The first-order valence-corrected chi connectivity index (χ1v) is 13.9. The molecule has 0 aliphatic heterocycles. The fourth-order valence-corrected chi connectivity index (χ4v) is 4.64. The Morgan fingerprint density at radius 2 is 0.841 bits per heavy atom. The van der Waals surface area contributed by atoms with Gasteiger partial charge in [0.1, 0.15) is 0 Å². The summed E-state index contributed by atoms with van der Waals surface area (Å²) in [7, 11) is -6.00. The highest BCUT2D eigenvalue weighted by atomic mass is 19.5. The fraction of sp³-hybridized carbons (Fsp3) is 0. The number of para-hydroxylation sites is 1. The number of amidine groups is 1. The van der Waals surface area contributed by atoms with Crippen LogP contribution in [0, 0.1) is 0 Å². The topological polar surface area (TPSA) is 28.3 Å². The molecule has 1 N–H and O–H groups in total. The first kappa shape index (κ1) is 30.0. The number of halogens is 4. The number of rotatable bonds is 6. The summed E-state index contributed by atoms with van der Waals surface area (Å²) >= 11 is 0. The minimum Gasteiger partial charge on any atom is -0.418 e. The smallest absolute Gasteiger partial charge is 0.418 e. The van der Waals surface area contributed by atoms with Crippen LogP contribution in [-0.4, -0.2) is 13.1 Å². The number of aromatic nitrogens is 1. The third-order valence-electron chi connectivity index (χ3n) is 6.57. The molecule has 0 unspecified atom stereocenters. The van der Waals surface area contributed by atoms with Gasteiger partial charge in [-0.1, -0.05) is 120 Å². The lowest BCUT2D eigenvalue weighted by molar-refractivity contribution is -0.617. The van der Waals surface area contributed by atoms with Gasteiger partial charge in [-0.25, -0.2) is 4.99 Å². The van der Waals surface area contributed by atoms with Gasteiger partial charge in [-0.15, -0.1) is 5.43 Å². The van der Waals surface area contributed by atoms with Gasteiger partial charge in [-0.05, 0) is 47.5 Å². The number of benzene rings is 5. The summed E-state index contributed by atoms with van der Waals surface area (Å²) in [5, 5.41) is 0. The molecular formula is C36H28BF4N3. The molecule has 0 amide bonds. The molecule has 0 atom stereocenters. The molecule has 0 spiro atoms. The van der Waals surface area contributed by atoms with E-state index >= 15 is 0 Å². The third kappa shape index (κ3) is 8.29. The van der Waals surface area contributed by atoms with E-state index in [9.17, 15) is 17.3 Å². The highest BCUT2D eigenvalue weighted by Gasteiger charge is 2.25. The van der Waals surface area contributed by atoms with Crippen molar-refractivity contribution < 1.29 is 21.9 Å². The van der Waals surface area contributed by atoms with Crippen molar-refractivity contribution in [3.63, 3.8) is 0 Å². The summed E-state index contributed by atoms with van der Waals surface area (Å²) in [6.07, 6.45) is 0. The lowest BCUT2D eigenvalue weighted by atomic mass is 9.99. The van der Waals surface area contributed by atoms with Crippen molar-refractivity contribution in [2.45, 2.75) is 0 Å². The molecule has 0 bridgehead atoms. The SMILES string of the molecule is F[B-](F)(F)F.c1ccc(N=C(N[n+]2c(-c3ccccc3)cc(-c3ccccc3)cc2-c2ccccc2)c2ccccc2)cc1. The molecule has 6 rings (SSSR count). The summed E-state index contributed by atoms with van der Waals surface area (Å²) in [5.74, 6) is 0.758. The van der Waals surface area contributed by atoms with Gasteiger partial charge in [0.15, 0.2) is 5.84 Å². The molecular weight excluding hydrogens is 561 g/mol. The highest BCUT2D eigenvalue weighted by Crippen LogP contribution is 2.29. The van der Waals surface area contributed by atoms with Crippen molar-refractivity contribution in [1.82, 2.24) is 0 Å². The van der Waals surface area contributed by atoms with Crippen LogP contribution in [0.1, 0.15) is 5.56 Å². The zero-order valence-electron chi connectivity index (χ0n) is 23.6. The maximum Gasteiger partial charge on any atom is 0.673 e. The van der Waals surface area contributed by atoms with Gasteiger partial charge in [0, 0.05) is 28.8 Å². The zero-order valence-corrected chi connectivity index (χ0v) is 23.6. The summed E-state index contributed by atoms with van der Waals surface area (Å²) in [4.78, 5) is 5.06. The Morgan fingerprint density at radius 3 is 1.27 bits per heavy atom. The Kier molecular flexibility index (Phi) is 9.62. The van der Waals surface area contributed by atoms with Crippen LogP contribution in [0.3, 0.4) is 0 Å². The predicted molar refractivity (Wildman–Crippen MR) is 172 cm³/mol. The fourth-order valence-electron chi connectivity index (χ4n) is 4.64. The standard InChI is InChI=1S/C36H28N3.BF4/c1-6-16-28(17-7-1)32-26-34(29-18-8-2-9-19-29)39(35(27-32)30-20-10-3-11-21-30)38-36(31-22-12-4-13-23-31)37-33-24-14-5-15-25-33;2-1(3,4)5/h1-27H,(H,37,38);/q+1;-1. The average molecular weight is 589 g/mol. The van der Waals surface area contributed by atoms with E-state index in [1.807, 2.05) is 60.7 Å². The van der Waals surface area contributed by atoms with Gasteiger partial charge in [0.05, 0.1) is 5.69 Å². The van der Waals surface area contributed by atoms with Gasteiger partial charge < -0.3 is 17.3 Å². The summed E-state index contributed by atoms with van der Waals surface area (Å²) in [5.41, 5.74) is 12.2. The van der Waals surface area contributed by atoms with Crippen LogP contribution in [0.5, 0.6) is 0 Å². The Labute approximate surface area is 253 Å². The number of nitrogens with zero attached hydrogens (tertiary/aromatic N) is 2. The van der Waals surface area contributed by atoms with E-state index in [2.05, 4.69) is 113 Å². The van der Waals surface area contributed by atoms with E-state index in [1.165, 1.54) is 5.56 Å². The monoisotopic (exact) mass is 589 g/mol. The maximum absolute atomic E-state index is 9.75. The molecule has 8 heteroatoms. The third-order valence-corrected chi connectivity index (χ3v) is 6.57. The molecule has 3 nitrogen and oxygen atoms in total.